The molecule has 3 fully saturated rings. The summed E-state index contributed by atoms with van der Waals surface area (Å²) >= 11 is 0. The Bertz CT molecular complexity index is 1350. The molecule has 272 valence electrons. The van der Waals surface area contributed by atoms with Crippen LogP contribution >= 0.6 is 0 Å². The van der Waals surface area contributed by atoms with Crippen molar-refractivity contribution in [1.29, 1.82) is 0 Å². The molecule has 0 saturated carbocycles. The van der Waals surface area contributed by atoms with Crippen molar-refractivity contribution in [3.63, 3.8) is 0 Å². The number of aliphatic hydroxyl groups is 3. The van der Waals surface area contributed by atoms with Gasteiger partial charge in [-0.15, -0.1) is 0 Å². The molecule has 22 nitrogen and oxygen atoms in total. The second-order valence-corrected chi connectivity index (χ2v) is 13.2. The van der Waals surface area contributed by atoms with E-state index < -0.39 is 125 Å². The number of nitrogens with one attached hydrogen (secondary N) is 2. The molecule has 12 atom stereocenters. The zero-order chi connectivity index (χ0) is 35.4. The Morgan fingerprint density at radius 3 is 1.74 bits per heavy atom. The Hall–Kier alpha value is 0.830. The first-order valence-electron chi connectivity index (χ1n) is 13.9. The molecule has 3 aliphatic heterocycles. The van der Waals surface area contributed by atoms with Crippen molar-refractivity contribution in [2.45, 2.75) is 75.1 Å². The molecule has 0 spiro atoms. The molecular weight excluding hydrogens is 755 g/mol. The number of rotatable bonds is 14. The number of carboxylic acids is 1. The molecule has 2 amide bonds. The molecule has 5 N–H and O–H groups in total. The zero-order valence-corrected chi connectivity index (χ0v) is 35.7. The van der Waals surface area contributed by atoms with Gasteiger partial charge in [-0.3, -0.25) is 22.9 Å². The van der Waals surface area contributed by atoms with Gasteiger partial charge < -0.3 is 63.9 Å². The van der Waals surface area contributed by atoms with Crippen LogP contribution in [0.5, 0.6) is 0 Å². The summed E-state index contributed by atoms with van der Waals surface area (Å²) in [6.07, 6.45) is -12.8. The van der Waals surface area contributed by atoms with E-state index in [1.54, 1.807) is 0 Å². The minimum absolute atomic E-state index is 0. The number of nitrogens with zero attached hydrogens (tertiary/aromatic N) is 1. The van der Waals surface area contributed by atoms with Crippen LogP contribution in [0.1, 0.15) is 13.8 Å². The molecule has 0 aromatic rings. The number of amides is 2. The number of hydrogen-bond donors (Lipinski definition) is 5. The molecule has 0 radical (unpaired) electrons. The van der Waals surface area contributed by atoms with Gasteiger partial charge in [-0.25, -0.2) is 16.8 Å². The van der Waals surface area contributed by atoms with E-state index in [0.29, 0.717) is 0 Å². The first-order valence-corrected chi connectivity index (χ1v) is 16.6. The second kappa shape index (κ2) is 21.8. The minimum Gasteiger partial charge on any atom is -0.726 e. The van der Waals surface area contributed by atoms with E-state index >= 15 is 0 Å². The normalized spacial score (nSPS) is 34.7. The van der Waals surface area contributed by atoms with Crippen LogP contribution < -0.4 is 104 Å². The first kappa shape index (κ1) is 50.8. The maximum absolute atomic E-state index is 12.1. The summed E-state index contributed by atoms with van der Waals surface area (Å²) in [5.41, 5.74) is 0. The van der Waals surface area contributed by atoms with Gasteiger partial charge in [-0.1, -0.05) is 0 Å². The van der Waals surface area contributed by atoms with Gasteiger partial charge in [0.05, 0.1) is 31.5 Å². The molecule has 50 heavy (non-hydrogen) atoms. The minimum atomic E-state index is -5.26. The predicted octanol–water partition coefficient (Wildman–Crippen LogP) is -16.2. The smallest absolute Gasteiger partial charge is 0.726 e. The SMILES string of the molecule is CO[C@H]1O[C@H](COS(=O)(=O)[O-])[C@@H](CN2C[C@H](O[C@H]3O[C@H](COS(=O)(=O)[O-])[C@@H](O)[C@H](O)[C@H]3NC(C)=O)[C@@H](C(=O)[O-])C2)[C@H](O)[C@H]1NC(C)=O.[Na+].[Na+].[Na+]. The number of ether oxygens (including phenoxy) is 4. The molecule has 3 rings (SSSR count). The maximum atomic E-state index is 12.1. The van der Waals surface area contributed by atoms with E-state index in [4.69, 9.17) is 18.9 Å². The van der Waals surface area contributed by atoms with Gasteiger partial charge in [0.1, 0.15) is 30.4 Å². The maximum Gasteiger partial charge on any atom is 1.00 e. The molecule has 0 aliphatic carbocycles. The molecular formula is C23H36N3Na3O19S2. The van der Waals surface area contributed by atoms with E-state index in [2.05, 4.69) is 19.0 Å². The fraction of sp³-hybridized carbons (Fsp3) is 0.870. The van der Waals surface area contributed by atoms with Crippen LogP contribution in [0, 0.1) is 11.8 Å². The molecule has 3 saturated heterocycles. The van der Waals surface area contributed by atoms with Crippen LogP contribution in [-0.2, 0) is 62.5 Å². The fourth-order valence-electron chi connectivity index (χ4n) is 5.69. The molecule has 27 heteroatoms. The fourth-order valence-corrected chi connectivity index (χ4v) is 6.30. The number of carbonyl (C=O) groups excluding carboxylic acids is 3. The largest absolute Gasteiger partial charge is 1.00 e. The Morgan fingerprint density at radius 2 is 1.28 bits per heavy atom. The van der Waals surface area contributed by atoms with E-state index in [0.717, 1.165) is 13.8 Å². The molecule has 0 bridgehead atoms. The van der Waals surface area contributed by atoms with Crippen molar-refractivity contribution in [2.75, 3.05) is 40.0 Å². The Morgan fingerprint density at radius 1 is 0.800 bits per heavy atom. The summed E-state index contributed by atoms with van der Waals surface area (Å²) in [5, 5.41) is 49.2. The van der Waals surface area contributed by atoms with Gasteiger partial charge >= 0.3 is 88.7 Å². The van der Waals surface area contributed by atoms with Gasteiger partial charge in [0.25, 0.3) is 0 Å². The summed E-state index contributed by atoms with van der Waals surface area (Å²) in [6, 6.07) is -2.74. The number of carboxylic acid groups (broad SMARTS) is 1. The number of methoxy groups -OCH3 is 1. The van der Waals surface area contributed by atoms with E-state index in [-0.39, 0.29) is 108 Å². The molecule has 0 aromatic carbocycles. The summed E-state index contributed by atoms with van der Waals surface area (Å²) in [4.78, 5) is 37.2. The molecule has 0 aromatic heterocycles. The molecule has 0 unspecified atom stereocenters. The van der Waals surface area contributed by atoms with Gasteiger partial charge in [0, 0.05) is 58.4 Å². The predicted molar refractivity (Wildman–Crippen MR) is 142 cm³/mol. The first-order chi connectivity index (χ1) is 21.7. The van der Waals surface area contributed by atoms with Crippen molar-refractivity contribution in [3.8, 4) is 0 Å². The van der Waals surface area contributed by atoms with E-state index in [9.17, 15) is 60.8 Å². The third-order valence-corrected chi connectivity index (χ3v) is 8.58. The molecule has 3 aliphatic rings. The quantitative estimate of drug-likeness (QED) is 0.0619. The van der Waals surface area contributed by atoms with Crippen molar-refractivity contribution in [1.82, 2.24) is 15.5 Å². The van der Waals surface area contributed by atoms with Crippen LogP contribution in [-0.4, -0.2) is 165 Å². The Balaban J connectivity index is 0.00000800. The number of aliphatic carboxylic acids is 1. The van der Waals surface area contributed by atoms with Gasteiger partial charge in [-0.2, -0.15) is 0 Å². The third-order valence-electron chi connectivity index (χ3n) is 7.74. The summed E-state index contributed by atoms with van der Waals surface area (Å²) in [7, 11) is -9.30. The standard InChI is InChI=1S/C23H39N3O19S2.3Na/c1-9(27)24-16-18(29)11(14(44-22(16)40-3)7-41-46(34,35)36)4-26-5-12(21(32)33)13(6-26)43-23-17(25-10(2)28)20(31)19(30)15(45-23)8-42-47(37,38)39;;;/h11-20,22-23,29-31H,4-8H2,1-3H3,(H,24,27)(H,25,28)(H,32,33)(H,34,35,36)(H,37,38,39);;;/q;3*+1/p-3/t11-,12+,13+,14-,15-,16-,17-,18+,19-,20-,22+,23+;;;/m1.../s1. The molecule has 3 heterocycles. The summed E-state index contributed by atoms with van der Waals surface area (Å²) in [5.74, 6) is -5.55. The van der Waals surface area contributed by atoms with Gasteiger partial charge in [0.15, 0.2) is 12.6 Å². The summed E-state index contributed by atoms with van der Waals surface area (Å²) < 4.78 is 97.0. The number of hydrogen-bond acceptors (Lipinski definition) is 20. The Labute approximate surface area is 354 Å². The average Bonchev–Trinajstić information content (AvgIpc) is 3.34. The van der Waals surface area contributed by atoms with Crippen LogP contribution in [0.2, 0.25) is 0 Å². The second-order valence-electron chi connectivity index (χ2n) is 11.1. The summed E-state index contributed by atoms with van der Waals surface area (Å²) in [6.45, 7) is -0.638. The zero-order valence-electron chi connectivity index (χ0n) is 28.1. The van der Waals surface area contributed by atoms with Crippen molar-refractivity contribution in [2.24, 2.45) is 11.8 Å². The van der Waals surface area contributed by atoms with Crippen molar-refractivity contribution in [3.05, 3.63) is 0 Å². The van der Waals surface area contributed by atoms with Crippen LogP contribution in [0.4, 0.5) is 0 Å². The number of carbonyl (C=O) groups is 3. The van der Waals surface area contributed by atoms with Crippen LogP contribution in [0.25, 0.3) is 0 Å². The third kappa shape index (κ3) is 14.8. The van der Waals surface area contributed by atoms with E-state index in [1.807, 2.05) is 0 Å². The van der Waals surface area contributed by atoms with E-state index in [1.165, 1.54) is 12.0 Å². The number of aliphatic hydroxyl groups excluding tert-OH is 3. The topological polar surface area (TPSA) is 332 Å². The van der Waals surface area contributed by atoms with Crippen molar-refractivity contribution < 1.29 is 177 Å². The average molecular weight is 792 g/mol. The van der Waals surface area contributed by atoms with Crippen molar-refractivity contribution >= 4 is 38.6 Å². The monoisotopic (exact) mass is 791 g/mol. The van der Waals surface area contributed by atoms with Crippen LogP contribution in [0.15, 0.2) is 0 Å². The van der Waals surface area contributed by atoms with Crippen LogP contribution in [0.3, 0.4) is 0 Å². The van der Waals surface area contributed by atoms with Gasteiger partial charge in [0.2, 0.25) is 32.6 Å². The van der Waals surface area contributed by atoms with Gasteiger partial charge in [-0.05, 0) is 0 Å². The Kier molecular flexibility index (Phi) is 22.2. The number of likely N-dealkylation sites (tertiary alicyclic amines) is 1.